The lowest BCUT2D eigenvalue weighted by molar-refractivity contribution is -0.144. The Hall–Kier alpha value is -3.41. The number of methoxy groups -OCH3 is 1. The number of allylic oxidation sites excluding steroid dienone is 2. The lowest BCUT2D eigenvalue weighted by Crippen LogP contribution is -2.43. The molecule has 0 spiro atoms. The van der Waals surface area contributed by atoms with Crippen LogP contribution >= 0.6 is 0 Å². The molecule has 1 heterocycles. The molecule has 4 rings (SSSR count). The second-order valence-corrected chi connectivity index (χ2v) is 9.45. The molecule has 2 unspecified atom stereocenters. The summed E-state index contributed by atoms with van der Waals surface area (Å²) in [5, 5.41) is 3.24. The van der Waals surface area contributed by atoms with Crippen molar-refractivity contribution in [2.75, 3.05) is 7.11 Å². The summed E-state index contributed by atoms with van der Waals surface area (Å²) in [6, 6.07) is 13.5. The first-order valence-electron chi connectivity index (χ1n) is 11.0. The van der Waals surface area contributed by atoms with Crippen molar-refractivity contribution in [3.05, 3.63) is 89.0 Å². The summed E-state index contributed by atoms with van der Waals surface area (Å²) in [5.41, 5.74) is 3.52. The lowest BCUT2D eigenvalue weighted by atomic mass is 9.66. The minimum absolute atomic E-state index is 0.0387. The molecule has 1 aliphatic heterocycles. The number of ketones is 1. The first-order chi connectivity index (χ1) is 15.7. The number of esters is 1. The van der Waals surface area contributed by atoms with Gasteiger partial charge in [-0.25, -0.2) is 4.39 Å². The van der Waals surface area contributed by atoms with Gasteiger partial charge in [0.2, 0.25) is 0 Å². The van der Waals surface area contributed by atoms with Gasteiger partial charge in [0.25, 0.3) is 0 Å². The van der Waals surface area contributed by atoms with Gasteiger partial charge in [0.1, 0.15) is 24.1 Å². The third kappa shape index (κ3) is 4.70. The van der Waals surface area contributed by atoms with E-state index in [1.807, 2.05) is 24.3 Å². The van der Waals surface area contributed by atoms with Gasteiger partial charge in [-0.1, -0.05) is 44.7 Å². The minimum Gasteiger partial charge on any atom is -0.489 e. The first kappa shape index (κ1) is 22.8. The molecule has 0 amide bonds. The van der Waals surface area contributed by atoms with Crippen LogP contribution in [0.5, 0.6) is 5.75 Å². The van der Waals surface area contributed by atoms with Crippen LogP contribution in [0.3, 0.4) is 0 Å². The normalized spacial score (nSPS) is 21.8. The van der Waals surface area contributed by atoms with Gasteiger partial charge >= 0.3 is 5.97 Å². The minimum atomic E-state index is -0.704. The number of rotatable bonds is 5. The van der Waals surface area contributed by atoms with E-state index in [4.69, 9.17) is 9.47 Å². The average molecular weight is 450 g/mol. The number of ether oxygens (including phenoxy) is 2. The van der Waals surface area contributed by atoms with Gasteiger partial charge in [0, 0.05) is 29.3 Å². The Morgan fingerprint density at radius 1 is 1.12 bits per heavy atom. The molecule has 2 aromatic rings. The molecule has 2 aliphatic rings. The fourth-order valence-corrected chi connectivity index (χ4v) is 4.73. The van der Waals surface area contributed by atoms with Crippen molar-refractivity contribution < 1.29 is 23.5 Å². The topological polar surface area (TPSA) is 64.6 Å². The molecule has 5 nitrogen and oxygen atoms in total. The molecule has 1 aliphatic carbocycles. The van der Waals surface area contributed by atoms with Crippen molar-refractivity contribution in [1.29, 1.82) is 0 Å². The summed E-state index contributed by atoms with van der Waals surface area (Å²) in [6.07, 6.45) is 1.12. The SMILES string of the molecule is C=C1NC2=C(C(=O)CC(C)(C)C2)C(c2ccc(OCc3ccc(F)cc3)cc2)C1C(=O)OC. The summed E-state index contributed by atoms with van der Waals surface area (Å²) < 4.78 is 24.0. The van der Waals surface area contributed by atoms with Crippen molar-refractivity contribution in [3.8, 4) is 5.75 Å². The number of halogens is 1. The number of hydrogen-bond donors (Lipinski definition) is 1. The van der Waals surface area contributed by atoms with Gasteiger partial charge < -0.3 is 14.8 Å². The number of carbonyl (C=O) groups excluding carboxylic acids is 2. The predicted molar refractivity (Wildman–Crippen MR) is 123 cm³/mol. The molecule has 0 radical (unpaired) electrons. The van der Waals surface area contributed by atoms with Crippen LogP contribution in [0, 0.1) is 17.2 Å². The van der Waals surface area contributed by atoms with Gasteiger partial charge in [-0.15, -0.1) is 0 Å². The second kappa shape index (κ2) is 8.85. The van der Waals surface area contributed by atoms with Crippen molar-refractivity contribution in [1.82, 2.24) is 5.32 Å². The molecule has 0 aromatic heterocycles. The zero-order valence-electron chi connectivity index (χ0n) is 19.1. The van der Waals surface area contributed by atoms with Crippen LogP contribution in [0.4, 0.5) is 4.39 Å². The molecule has 2 aromatic carbocycles. The molecule has 1 N–H and O–H groups in total. The Kier molecular flexibility index (Phi) is 6.11. The van der Waals surface area contributed by atoms with Gasteiger partial charge in [-0.2, -0.15) is 0 Å². The number of nitrogens with one attached hydrogen (secondary N) is 1. The Labute approximate surface area is 193 Å². The van der Waals surface area contributed by atoms with Gasteiger partial charge in [-0.05, 0) is 47.2 Å². The summed E-state index contributed by atoms with van der Waals surface area (Å²) in [4.78, 5) is 25.9. The zero-order valence-corrected chi connectivity index (χ0v) is 19.1. The Morgan fingerprint density at radius 3 is 2.42 bits per heavy atom. The second-order valence-electron chi connectivity index (χ2n) is 9.45. The summed E-state index contributed by atoms with van der Waals surface area (Å²) >= 11 is 0. The van der Waals surface area contributed by atoms with Crippen LogP contribution in [0.15, 0.2) is 72.1 Å². The van der Waals surface area contributed by atoms with Gasteiger partial charge in [0.15, 0.2) is 5.78 Å². The number of benzene rings is 2. The van der Waals surface area contributed by atoms with Gasteiger partial charge in [0.05, 0.1) is 7.11 Å². The highest BCUT2D eigenvalue weighted by atomic mass is 19.1. The third-order valence-electron chi connectivity index (χ3n) is 6.26. The summed E-state index contributed by atoms with van der Waals surface area (Å²) in [6.45, 7) is 8.51. The lowest BCUT2D eigenvalue weighted by Gasteiger charge is -2.42. The smallest absolute Gasteiger partial charge is 0.315 e. The molecule has 6 heteroatoms. The Morgan fingerprint density at radius 2 is 1.79 bits per heavy atom. The van der Waals surface area contributed by atoms with Crippen molar-refractivity contribution in [3.63, 3.8) is 0 Å². The summed E-state index contributed by atoms with van der Waals surface area (Å²) in [5.74, 6) is -1.23. The molecular weight excluding hydrogens is 421 g/mol. The van der Waals surface area contributed by atoms with Crippen molar-refractivity contribution in [2.24, 2.45) is 11.3 Å². The zero-order chi connectivity index (χ0) is 23.8. The van der Waals surface area contributed by atoms with E-state index in [0.29, 0.717) is 36.5 Å². The van der Waals surface area contributed by atoms with Crippen LogP contribution in [0.1, 0.15) is 43.7 Å². The van der Waals surface area contributed by atoms with Crippen LogP contribution in [-0.4, -0.2) is 18.9 Å². The predicted octanol–water partition coefficient (Wildman–Crippen LogP) is 5.04. The van der Waals surface area contributed by atoms with Gasteiger partial charge in [-0.3, -0.25) is 9.59 Å². The van der Waals surface area contributed by atoms with E-state index in [-0.39, 0.29) is 17.0 Å². The fraction of sp³-hybridized carbons (Fsp3) is 0.333. The molecule has 33 heavy (non-hydrogen) atoms. The van der Waals surface area contributed by atoms with Crippen molar-refractivity contribution in [2.45, 2.75) is 39.2 Å². The van der Waals surface area contributed by atoms with E-state index in [1.54, 1.807) is 12.1 Å². The highest BCUT2D eigenvalue weighted by Crippen LogP contribution is 2.48. The van der Waals surface area contributed by atoms with E-state index in [1.165, 1.54) is 19.2 Å². The van der Waals surface area contributed by atoms with Crippen LogP contribution in [-0.2, 0) is 20.9 Å². The Balaban J connectivity index is 1.64. The monoisotopic (exact) mass is 449 g/mol. The third-order valence-corrected chi connectivity index (χ3v) is 6.26. The molecule has 0 fully saturated rings. The van der Waals surface area contributed by atoms with Crippen molar-refractivity contribution >= 4 is 11.8 Å². The Bertz CT molecular complexity index is 1120. The van der Waals surface area contributed by atoms with Crippen LogP contribution in [0.2, 0.25) is 0 Å². The maximum atomic E-state index is 13.2. The number of Topliss-reactive ketones (excluding diaryl/α,β-unsaturated/α-hetero) is 1. The molecule has 172 valence electrons. The average Bonchev–Trinajstić information content (AvgIpc) is 2.77. The van der Waals surface area contributed by atoms with E-state index in [2.05, 4.69) is 25.7 Å². The molecule has 2 atom stereocenters. The highest BCUT2D eigenvalue weighted by molar-refractivity contribution is 6.00. The van der Waals surface area contributed by atoms with E-state index < -0.39 is 17.8 Å². The molecule has 0 saturated carbocycles. The molecule has 0 bridgehead atoms. The maximum absolute atomic E-state index is 13.2. The standard InChI is InChI=1S/C27H28FNO4/c1-16-23(26(31)32-4)24(25-21(29-16)13-27(2,3)14-22(25)30)18-7-11-20(12-8-18)33-15-17-5-9-19(28)10-6-17/h5-12,23-24,29H,1,13-15H2,2-4H3. The fourth-order valence-electron chi connectivity index (χ4n) is 4.73. The van der Waals surface area contributed by atoms with Crippen LogP contribution in [0.25, 0.3) is 0 Å². The van der Waals surface area contributed by atoms with E-state index >= 15 is 0 Å². The van der Waals surface area contributed by atoms with E-state index in [0.717, 1.165) is 16.8 Å². The van der Waals surface area contributed by atoms with Crippen LogP contribution < -0.4 is 10.1 Å². The summed E-state index contributed by atoms with van der Waals surface area (Å²) in [7, 11) is 1.34. The molecule has 0 saturated heterocycles. The largest absolute Gasteiger partial charge is 0.489 e. The first-order valence-corrected chi connectivity index (χ1v) is 11.0. The quantitative estimate of drug-likeness (QED) is 0.648. The number of carbonyl (C=O) groups is 2. The maximum Gasteiger partial charge on any atom is 0.315 e. The van der Waals surface area contributed by atoms with E-state index in [9.17, 15) is 14.0 Å². The number of hydrogen-bond acceptors (Lipinski definition) is 5. The highest BCUT2D eigenvalue weighted by Gasteiger charge is 2.46. The molecular formula is C27H28FNO4.